The number of benzene rings is 2. The number of nitrogens with zero attached hydrogens (tertiary/aromatic N) is 2. The minimum absolute atomic E-state index is 0.0137. The highest BCUT2D eigenvalue weighted by atomic mass is 19.1. The third-order valence-electron chi connectivity index (χ3n) is 4.82. The molecule has 1 heterocycles. The second-order valence-electron chi connectivity index (χ2n) is 7.05. The SMILES string of the molecule is CN(C)c1ccc(NC(=O)[C@H]2CC(=O)N(CCc3ccc(F)cc3)C2)cc1. The van der Waals surface area contributed by atoms with E-state index in [1.807, 2.05) is 43.3 Å². The Labute approximate surface area is 158 Å². The van der Waals surface area contributed by atoms with Gasteiger partial charge in [0, 0.05) is 45.0 Å². The van der Waals surface area contributed by atoms with Gasteiger partial charge in [0.1, 0.15) is 5.82 Å². The lowest BCUT2D eigenvalue weighted by molar-refractivity contribution is -0.128. The van der Waals surface area contributed by atoms with Crippen LogP contribution in [0.2, 0.25) is 0 Å². The molecule has 1 saturated heterocycles. The van der Waals surface area contributed by atoms with Crippen molar-refractivity contribution >= 4 is 23.2 Å². The highest BCUT2D eigenvalue weighted by molar-refractivity contribution is 5.97. The normalized spacial score (nSPS) is 16.5. The summed E-state index contributed by atoms with van der Waals surface area (Å²) in [4.78, 5) is 28.4. The molecule has 1 aliphatic heterocycles. The summed E-state index contributed by atoms with van der Waals surface area (Å²) in [6.07, 6.45) is 0.872. The van der Waals surface area contributed by atoms with Gasteiger partial charge in [-0.15, -0.1) is 0 Å². The van der Waals surface area contributed by atoms with Crippen LogP contribution in [0.25, 0.3) is 0 Å². The predicted molar refractivity (Wildman–Crippen MR) is 104 cm³/mol. The van der Waals surface area contributed by atoms with E-state index in [9.17, 15) is 14.0 Å². The zero-order valence-electron chi connectivity index (χ0n) is 15.6. The molecule has 27 heavy (non-hydrogen) atoms. The first-order chi connectivity index (χ1) is 12.9. The highest BCUT2D eigenvalue weighted by Gasteiger charge is 2.34. The number of carbonyl (C=O) groups is 2. The fraction of sp³-hybridized carbons (Fsp3) is 0.333. The van der Waals surface area contributed by atoms with E-state index in [2.05, 4.69) is 5.32 Å². The lowest BCUT2D eigenvalue weighted by Crippen LogP contribution is -2.30. The van der Waals surface area contributed by atoms with Gasteiger partial charge in [-0.05, 0) is 48.4 Å². The monoisotopic (exact) mass is 369 g/mol. The quantitative estimate of drug-likeness (QED) is 0.852. The summed E-state index contributed by atoms with van der Waals surface area (Å²) in [6.45, 7) is 0.952. The summed E-state index contributed by atoms with van der Waals surface area (Å²) in [6, 6.07) is 13.9. The Bertz CT molecular complexity index is 803. The standard InChI is InChI=1S/C21H24FN3O2/c1-24(2)19-9-7-18(8-10-19)23-21(27)16-13-20(26)25(14-16)12-11-15-3-5-17(22)6-4-15/h3-10,16H,11-14H2,1-2H3,(H,23,27)/t16-/m0/s1. The van der Waals surface area contributed by atoms with Crippen LogP contribution in [0.15, 0.2) is 48.5 Å². The molecule has 0 radical (unpaired) electrons. The van der Waals surface area contributed by atoms with Crippen LogP contribution in [0, 0.1) is 11.7 Å². The molecule has 0 aliphatic carbocycles. The van der Waals surface area contributed by atoms with Gasteiger partial charge in [0.2, 0.25) is 11.8 Å². The molecule has 2 aromatic rings. The number of nitrogens with one attached hydrogen (secondary N) is 1. The molecule has 3 rings (SSSR count). The Hall–Kier alpha value is -2.89. The number of anilines is 2. The molecule has 0 aromatic heterocycles. The topological polar surface area (TPSA) is 52.7 Å². The van der Waals surface area contributed by atoms with Crippen LogP contribution in [-0.2, 0) is 16.0 Å². The minimum atomic E-state index is -0.348. The van der Waals surface area contributed by atoms with Crippen molar-refractivity contribution in [2.45, 2.75) is 12.8 Å². The van der Waals surface area contributed by atoms with Crippen molar-refractivity contribution in [3.8, 4) is 0 Å². The van der Waals surface area contributed by atoms with Gasteiger partial charge in [0.25, 0.3) is 0 Å². The Balaban J connectivity index is 1.52. The van der Waals surface area contributed by atoms with E-state index in [4.69, 9.17) is 0 Å². The molecule has 2 amide bonds. The van der Waals surface area contributed by atoms with E-state index in [0.29, 0.717) is 19.5 Å². The van der Waals surface area contributed by atoms with Crippen molar-refractivity contribution in [3.63, 3.8) is 0 Å². The maximum Gasteiger partial charge on any atom is 0.229 e. The smallest absolute Gasteiger partial charge is 0.229 e. The largest absolute Gasteiger partial charge is 0.378 e. The van der Waals surface area contributed by atoms with Crippen molar-refractivity contribution in [2.75, 3.05) is 37.4 Å². The minimum Gasteiger partial charge on any atom is -0.378 e. The van der Waals surface area contributed by atoms with E-state index in [0.717, 1.165) is 16.9 Å². The second kappa shape index (κ2) is 8.20. The van der Waals surface area contributed by atoms with Crippen LogP contribution in [0.3, 0.4) is 0 Å². The van der Waals surface area contributed by atoms with Crippen molar-refractivity contribution in [1.29, 1.82) is 0 Å². The fourth-order valence-corrected chi connectivity index (χ4v) is 3.17. The molecule has 142 valence electrons. The molecule has 0 bridgehead atoms. The Morgan fingerprint density at radius 2 is 1.81 bits per heavy atom. The number of amides is 2. The lowest BCUT2D eigenvalue weighted by atomic mass is 10.1. The Morgan fingerprint density at radius 1 is 1.15 bits per heavy atom. The van der Waals surface area contributed by atoms with Crippen LogP contribution >= 0.6 is 0 Å². The van der Waals surface area contributed by atoms with Crippen LogP contribution in [-0.4, -0.2) is 43.9 Å². The number of hydrogen-bond donors (Lipinski definition) is 1. The molecular weight excluding hydrogens is 345 g/mol. The van der Waals surface area contributed by atoms with Crippen LogP contribution < -0.4 is 10.2 Å². The van der Waals surface area contributed by atoms with Crippen molar-refractivity contribution < 1.29 is 14.0 Å². The van der Waals surface area contributed by atoms with Crippen molar-refractivity contribution in [3.05, 3.63) is 59.9 Å². The molecule has 6 heteroatoms. The number of hydrogen-bond acceptors (Lipinski definition) is 3. The zero-order chi connectivity index (χ0) is 19.4. The van der Waals surface area contributed by atoms with Crippen LogP contribution in [0.4, 0.5) is 15.8 Å². The zero-order valence-corrected chi connectivity index (χ0v) is 15.6. The summed E-state index contributed by atoms with van der Waals surface area (Å²) in [5, 5.41) is 2.89. The van der Waals surface area contributed by atoms with Gasteiger partial charge in [-0.25, -0.2) is 4.39 Å². The number of halogens is 1. The van der Waals surface area contributed by atoms with Gasteiger partial charge in [-0.1, -0.05) is 12.1 Å². The maximum absolute atomic E-state index is 13.0. The number of carbonyl (C=O) groups excluding carboxylic acids is 2. The Kier molecular flexibility index (Phi) is 5.74. The molecule has 0 saturated carbocycles. The van der Waals surface area contributed by atoms with Gasteiger partial charge in [-0.3, -0.25) is 9.59 Å². The Morgan fingerprint density at radius 3 is 2.44 bits per heavy atom. The molecule has 2 aromatic carbocycles. The van der Waals surface area contributed by atoms with Crippen LogP contribution in [0.5, 0.6) is 0 Å². The first-order valence-corrected chi connectivity index (χ1v) is 9.03. The third kappa shape index (κ3) is 4.84. The number of likely N-dealkylation sites (tertiary alicyclic amines) is 1. The first kappa shape index (κ1) is 18.9. The van der Waals surface area contributed by atoms with Gasteiger partial charge in [-0.2, -0.15) is 0 Å². The van der Waals surface area contributed by atoms with E-state index in [-0.39, 0.29) is 30.0 Å². The molecule has 1 aliphatic rings. The average molecular weight is 369 g/mol. The predicted octanol–water partition coefficient (Wildman–Crippen LogP) is 2.92. The molecule has 0 spiro atoms. The van der Waals surface area contributed by atoms with Gasteiger partial charge >= 0.3 is 0 Å². The molecule has 1 atom stereocenters. The fourth-order valence-electron chi connectivity index (χ4n) is 3.17. The van der Waals surface area contributed by atoms with Gasteiger partial charge in [0.15, 0.2) is 0 Å². The third-order valence-corrected chi connectivity index (χ3v) is 4.82. The second-order valence-corrected chi connectivity index (χ2v) is 7.05. The molecular formula is C21H24FN3O2. The van der Waals surface area contributed by atoms with E-state index >= 15 is 0 Å². The van der Waals surface area contributed by atoms with Gasteiger partial charge < -0.3 is 15.1 Å². The molecule has 1 N–H and O–H groups in total. The van der Waals surface area contributed by atoms with Crippen molar-refractivity contribution in [1.82, 2.24) is 4.90 Å². The molecule has 1 fully saturated rings. The summed E-state index contributed by atoms with van der Waals surface area (Å²) in [7, 11) is 3.91. The molecule has 0 unspecified atom stereocenters. The summed E-state index contributed by atoms with van der Waals surface area (Å²) >= 11 is 0. The van der Waals surface area contributed by atoms with Crippen molar-refractivity contribution in [2.24, 2.45) is 5.92 Å². The van der Waals surface area contributed by atoms with E-state index in [1.165, 1.54) is 12.1 Å². The van der Waals surface area contributed by atoms with Gasteiger partial charge in [0.05, 0.1) is 5.92 Å². The highest BCUT2D eigenvalue weighted by Crippen LogP contribution is 2.22. The average Bonchev–Trinajstić information content (AvgIpc) is 3.03. The summed E-state index contributed by atoms with van der Waals surface area (Å²) in [5.41, 5.74) is 2.75. The molecule has 5 nitrogen and oxygen atoms in total. The summed E-state index contributed by atoms with van der Waals surface area (Å²) in [5.74, 6) is -0.768. The van der Waals surface area contributed by atoms with E-state index < -0.39 is 0 Å². The van der Waals surface area contributed by atoms with E-state index in [1.54, 1.807) is 17.0 Å². The summed E-state index contributed by atoms with van der Waals surface area (Å²) < 4.78 is 13.0. The first-order valence-electron chi connectivity index (χ1n) is 9.03. The lowest BCUT2D eigenvalue weighted by Gasteiger charge is -2.17. The van der Waals surface area contributed by atoms with Crippen LogP contribution in [0.1, 0.15) is 12.0 Å². The number of rotatable bonds is 6. The maximum atomic E-state index is 13.0.